The van der Waals surface area contributed by atoms with Gasteiger partial charge in [0.15, 0.2) is 0 Å². The van der Waals surface area contributed by atoms with Gasteiger partial charge in [0.05, 0.1) is 12.5 Å². The molecule has 0 aliphatic heterocycles. The van der Waals surface area contributed by atoms with Crippen LogP contribution in [0.2, 0.25) is 0 Å². The molecule has 0 heterocycles. The molecule has 16 heavy (non-hydrogen) atoms. The number of aliphatic carboxylic acids is 1. The van der Waals surface area contributed by atoms with Gasteiger partial charge in [-0.25, -0.2) is 0 Å². The second kappa shape index (κ2) is 3.79. The zero-order chi connectivity index (χ0) is 11.8. The lowest BCUT2D eigenvalue weighted by atomic mass is 9.93. The average molecular weight is 222 g/mol. The molecule has 0 aromatic heterocycles. The van der Waals surface area contributed by atoms with Crippen molar-refractivity contribution in [1.82, 2.24) is 0 Å². The Morgan fingerprint density at radius 2 is 2.38 bits per heavy atom. The Morgan fingerprint density at radius 1 is 1.62 bits per heavy atom. The number of carboxylic acids is 1. The summed E-state index contributed by atoms with van der Waals surface area (Å²) in [5, 5.41) is 18.4. The zero-order valence-electron chi connectivity index (χ0n) is 9.01. The minimum Gasteiger partial charge on any atom is -0.497 e. The number of rotatable bonds is 4. The molecule has 1 saturated carbocycles. The predicted octanol–water partition coefficient (Wildman–Crippen LogP) is 1.03. The van der Waals surface area contributed by atoms with Crippen molar-refractivity contribution in [1.29, 1.82) is 0 Å². The maximum atomic E-state index is 11.3. The summed E-state index contributed by atoms with van der Waals surface area (Å²) in [5.41, 5.74) is -0.207. The minimum absolute atomic E-state index is 0.0937. The van der Waals surface area contributed by atoms with Crippen molar-refractivity contribution in [3.8, 4) is 5.75 Å². The number of benzene rings is 1. The number of ether oxygens (including phenoxy) is 1. The molecule has 0 spiro atoms. The van der Waals surface area contributed by atoms with Gasteiger partial charge in [-0.2, -0.15) is 0 Å². The third-order valence-electron chi connectivity index (χ3n) is 3.29. The molecule has 4 nitrogen and oxygen atoms in total. The number of aliphatic hydroxyl groups excluding tert-OH is 1. The van der Waals surface area contributed by atoms with Gasteiger partial charge >= 0.3 is 5.97 Å². The zero-order valence-corrected chi connectivity index (χ0v) is 9.01. The minimum atomic E-state index is -0.913. The molecule has 1 aliphatic rings. The summed E-state index contributed by atoms with van der Waals surface area (Å²) in [7, 11) is 1.54. The summed E-state index contributed by atoms with van der Waals surface area (Å²) >= 11 is 0. The van der Waals surface area contributed by atoms with Crippen LogP contribution in [0.4, 0.5) is 0 Å². The summed E-state index contributed by atoms with van der Waals surface area (Å²) in [6.07, 6.45) is 0.492. The van der Waals surface area contributed by atoms with Crippen LogP contribution in [0.1, 0.15) is 12.0 Å². The summed E-state index contributed by atoms with van der Waals surface area (Å²) in [6.45, 7) is -0.0937. The van der Waals surface area contributed by atoms with Gasteiger partial charge in [-0.05, 0) is 24.1 Å². The molecule has 1 aromatic carbocycles. The van der Waals surface area contributed by atoms with Gasteiger partial charge in [0.2, 0.25) is 0 Å². The van der Waals surface area contributed by atoms with E-state index >= 15 is 0 Å². The predicted molar refractivity (Wildman–Crippen MR) is 57.5 cm³/mol. The van der Waals surface area contributed by atoms with E-state index in [0.29, 0.717) is 17.7 Å². The Labute approximate surface area is 93.5 Å². The van der Waals surface area contributed by atoms with E-state index < -0.39 is 11.4 Å². The first-order chi connectivity index (χ1) is 7.65. The van der Waals surface area contributed by atoms with Crippen LogP contribution < -0.4 is 4.74 Å². The van der Waals surface area contributed by atoms with Crippen LogP contribution in [0.5, 0.6) is 5.75 Å². The van der Waals surface area contributed by atoms with Crippen molar-refractivity contribution < 1.29 is 19.7 Å². The third kappa shape index (κ3) is 1.46. The molecule has 0 amide bonds. The second-order valence-corrected chi connectivity index (χ2v) is 4.09. The summed E-state index contributed by atoms with van der Waals surface area (Å²) in [5.74, 6) is -0.418. The van der Waals surface area contributed by atoms with Crippen molar-refractivity contribution in [3.63, 3.8) is 0 Å². The molecule has 0 radical (unpaired) electrons. The fourth-order valence-corrected chi connectivity index (χ4v) is 2.19. The largest absolute Gasteiger partial charge is 0.497 e. The number of carboxylic acid groups (broad SMARTS) is 1. The molecular formula is C12H14O4. The molecule has 1 aliphatic carbocycles. The average Bonchev–Trinajstić information content (AvgIpc) is 3.05. The Balaban J connectivity index is 2.38. The molecule has 4 heteroatoms. The molecule has 2 rings (SSSR count). The summed E-state index contributed by atoms with van der Waals surface area (Å²) < 4.78 is 5.07. The van der Waals surface area contributed by atoms with E-state index in [1.165, 1.54) is 0 Å². The highest BCUT2D eigenvalue weighted by molar-refractivity contribution is 5.86. The van der Waals surface area contributed by atoms with E-state index in [-0.39, 0.29) is 12.5 Å². The van der Waals surface area contributed by atoms with Gasteiger partial charge < -0.3 is 14.9 Å². The maximum absolute atomic E-state index is 11.3. The number of carbonyl (C=O) groups is 1. The first kappa shape index (κ1) is 11.0. The van der Waals surface area contributed by atoms with Gasteiger partial charge in [-0.3, -0.25) is 4.79 Å². The SMILES string of the molecule is COc1cccc(C2(C(=O)O)CC2CO)c1. The van der Waals surface area contributed by atoms with Crippen LogP contribution in [0, 0.1) is 5.92 Å². The smallest absolute Gasteiger partial charge is 0.314 e. The molecule has 86 valence electrons. The highest BCUT2D eigenvalue weighted by Gasteiger charge is 2.61. The van der Waals surface area contributed by atoms with E-state index in [9.17, 15) is 9.90 Å². The lowest BCUT2D eigenvalue weighted by Crippen LogP contribution is -2.23. The first-order valence-electron chi connectivity index (χ1n) is 5.14. The van der Waals surface area contributed by atoms with E-state index in [0.717, 1.165) is 0 Å². The van der Waals surface area contributed by atoms with E-state index in [4.69, 9.17) is 9.84 Å². The molecular weight excluding hydrogens is 208 g/mol. The normalized spacial score (nSPS) is 27.5. The lowest BCUT2D eigenvalue weighted by molar-refractivity contribution is -0.140. The molecule has 2 atom stereocenters. The van der Waals surface area contributed by atoms with Crippen LogP contribution in [0.25, 0.3) is 0 Å². The Hall–Kier alpha value is -1.55. The van der Waals surface area contributed by atoms with Crippen LogP contribution in [0.3, 0.4) is 0 Å². The molecule has 0 saturated heterocycles. The standard InChI is InChI=1S/C12H14O4/c1-16-10-4-2-3-8(5-10)12(11(14)15)6-9(12)7-13/h2-5,9,13H,6-7H2,1H3,(H,14,15). The highest BCUT2D eigenvalue weighted by Crippen LogP contribution is 2.54. The molecule has 1 aromatic rings. The van der Waals surface area contributed by atoms with Crippen LogP contribution in [0.15, 0.2) is 24.3 Å². The summed E-state index contributed by atoms with van der Waals surface area (Å²) in [6, 6.07) is 7.04. The number of hydrogen-bond donors (Lipinski definition) is 2. The summed E-state index contributed by atoms with van der Waals surface area (Å²) in [4.78, 5) is 11.3. The van der Waals surface area contributed by atoms with Crippen molar-refractivity contribution >= 4 is 5.97 Å². The molecule has 0 bridgehead atoms. The van der Waals surface area contributed by atoms with Gasteiger partial charge in [-0.15, -0.1) is 0 Å². The van der Waals surface area contributed by atoms with Crippen LogP contribution in [-0.4, -0.2) is 29.9 Å². The fourth-order valence-electron chi connectivity index (χ4n) is 2.19. The Kier molecular flexibility index (Phi) is 2.59. The quantitative estimate of drug-likeness (QED) is 0.798. The highest BCUT2D eigenvalue weighted by atomic mass is 16.5. The van der Waals surface area contributed by atoms with Gasteiger partial charge in [0, 0.05) is 12.5 Å². The second-order valence-electron chi connectivity index (χ2n) is 4.09. The van der Waals surface area contributed by atoms with Crippen molar-refractivity contribution in [3.05, 3.63) is 29.8 Å². The van der Waals surface area contributed by atoms with Crippen LogP contribution in [-0.2, 0) is 10.2 Å². The Bertz CT molecular complexity index is 415. The molecule has 1 fully saturated rings. The van der Waals surface area contributed by atoms with Crippen molar-refractivity contribution in [2.24, 2.45) is 5.92 Å². The number of hydrogen-bond acceptors (Lipinski definition) is 3. The van der Waals surface area contributed by atoms with E-state index in [1.54, 1.807) is 31.4 Å². The van der Waals surface area contributed by atoms with Crippen molar-refractivity contribution in [2.45, 2.75) is 11.8 Å². The van der Waals surface area contributed by atoms with Crippen molar-refractivity contribution in [2.75, 3.05) is 13.7 Å². The fraction of sp³-hybridized carbons (Fsp3) is 0.417. The third-order valence-corrected chi connectivity index (χ3v) is 3.29. The lowest BCUT2D eigenvalue weighted by Gasteiger charge is -2.13. The van der Waals surface area contributed by atoms with Crippen LogP contribution >= 0.6 is 0 Å². The van der Waals surface area contributed by atoms with Gasteiger partial charge in [-0.1, -0.05) is 12.1 Å². The van der Waals surface area contributed by atoms with Gasteiger partial charge in [0.25, 0.3) is 0 Å². The van der Waals surface area contributed by atoms with Gasteiger partial charge in [0.1, 0.15) is 5.75 Å². The molecule has 2 N–H and O–H groups in total. The van der Waals surface area contributed by atoms with E-state index in [2.05, 4.69) is 0 Å². The monoisotopic (exact) mass is 222 g/mol. The Morgan fingerprint density at radius 3 is 2.88 bits per heavy atom. The maximum Gasteiger partial charge on any atom is 0.314 e. The van der Waals surface area contributed by atoms with E-state index in [1.807, 2.05) is 0 Å². The molecule has 2 unspecified atom stereocenters. The first-order valence-corrected chi connectivity index (χ1v) is 5.14. The topological polar surface area (TPSA) is 66.8 Å². The number of aliphatic hydroxyl groups is 1. The number of methoxy groups -OCH3 is 1.